The van der Waals surface area contributed by atoms with Gasteiger partial charge < -0.3 is 19.5 Å². The fourth-order valence-electron chi connectivity index (χ4n) is 2.32. The predicted octanol–water partition coefficient (Wildman–Crippen LogP) is 2.04. The number of carboxylic acids is 1. The van der Waals surface area contributed by atoms with Gasteiger partial charge in [-0.25, -0.2) is 4.79 Å². The number of rotatable bonds is 6. The molecule has 0 radical (unpaired) electrons. The van der Waals surface area contributed by atoms with Crippen LogP contribution in [0.1, 0.15) is 30.6 Å². The number of hydrogen-bond acceptors (Lipinski definition) is 4. The average molecular weight is 321 g/mol. The summed E-state index contributed by atoms with van der Waals surface area (Å²) in [6.07, 6.45) is 0.967. The molecule has 1 aliphatic rings. The number of carbonyl (C=O) groups excluding carboxylic acids is 1. The smallest absolute Gasteiger partial charge is 0.328 e. The maximum absolute atomic E-state index is 12.5. The Kier molecular flexibility index (Phi) is 5.98. The number of morpholine rings is 1. The summed E-state index contributed by atoms with van der Waals surface area (Å²) in [6, 6.07) is 5.88. The zero-order valence-corrected chi connectivity index (χ0v) is 13.5. The van der Waals surface area contributed by atoms with Crippen molar-refractivity contribution >= 4 is 11.9 Å². The summed E-state index contributed by atoms with van der Waals surface area (Å²) in [4.78, 5) is 25.1. The molecule has 23 heavy (non-hydrogen) atoms. The highest BCUT2D eigenvalue weighted by Gasteiger charge is 2.33. The molecule has 0 aliphatic carbocycles. The van der Waals surface area contributed by atoms with E-state index in [0.29, 0.717) is 30.4 Å². The van der Waals surface area contributed by atoms with Gasteiger partial charge in [0.25, 0.3) is 5.91 Å². The van der Waals surface area contributed by atoms with Crippen molar-refractivity contribution in [3.8, 4) is 5.75 Å². The van der Waals surface area contributed by atoms with E-state index in [1.807, 2.05) is 0 Å². The fraction of sp³-hybridized carbons (Fsp3) is 0.529. The molecule has 1 saturated heterocycles. The van der Waals surface area contributed by atoms with E-state index in [9.17, 15) is 14.7 Å². The molecular formula is C17H23NO5. The van der Waals surface area contributed by atoms with Gasteiger partial charge in [0.15, 0.2) is 6.04 Å². The Morgan fingerprint density at radius 1 is 1.35 bits per heavy atom. The largest absolute Gasteiger partial charge is 0.494 e. The molecule has 1 fully saturated rings. The van der Waals surface area contributed by atoms with E-state index in [1.54, 1.807) is 24.3 Å². The Morgan fingerprint density at radius 2 is 2.04 bits per heavy atom. The van der Waals surface area contributed by atoms with Gasteiger partial charge in [-0.15, -0.1) is 0 Å². The molecule has 1 amide bonds. The second-order valence-corrected chi connectivity index (χ2v) is 5.98. The van der Waals surface area contributed by atoms with Crippen molar-refractivity contribution in [2.75, 3.05) is 26.4 Å². The third kappa shape index (κ3) is 4.69. The first-order valence-corrected chi connectivity index (χ1v) is 7.83. The summed E-state index contributed by atoms with van der Waals surface area (Å²) in [5.41, 5.74) is 0.453. The van der Waals surface area contributed by atoms with Crippen LogP contribution in [0.3, 0.4) is 0 Å². The standard InChI is InChI=1S/C17H23NO5/c1-12(2)7-9-23-14-5-3-13(4-6-14)16(19)18-8-10-22-11-15(18)17(20)21/h3-6,12,15H,7-11H2,1-2H3,(H,20,21)/t15-/m0/s1. The third-order valence-electron chi connectivity index (χ3n) is 3.74. The highest BCUT2D eigenvalue weighted by Crippen LogP contribution is 2.17. The summed E-state index contributed by atoms with van der Waals surface area (Å²) in [7, 11) is 0. The number of benzene rings is 1. The molecule has 0 unspecified atom stereocenters. The lowest BCUT2D eigenvalue weighted by atomic mass is 10.1. The van der Waals surface area contributed by atoms with Crippen LogP contribution in [0, 0.1) is 5.92 Å². The first-order valence-electron chi connectivity index (χ1n) is 7.83. The lowest BCUT2D eigenvalue weighted by Gasteiger charge is -2.32. The van der Waals surface area contributed by atoms with Gasteiger partial charge in [-0.3, -0.25) is 4.79 Å². The highest BCUT2D eigenvalue weighted by molar-refractivity contribution is 5.96. The van der Waals surface area contributed by atoms with Gasteiger partial charge in [0.1, 0.15) is 5.75 Å². The van der Waals surface area contributed by atoms with Crippen LogP contribution >= 0.6 is 0 Å². The summed E-state index contributed by atoms with van der Waals surface area (Å²) < 4.78 is 10.8. The number of aliphatic carboxylic acids is 1. The Bertz CT molecular complexity index is 540. The van der Waals surface area contributed by atoms with Crippen molar-refractivity contribution in [1.82, 2.24) is 4.90 Å². The molecule has 0 spiro atoms. The lowest BCUT2D eigenvalue weighted by molar-refractivity contribution is -0.147. The van der Waals surface area contributed by atoms with Gasteiger partial charge >= 0.3 is 5.97 Å². The van der Waals surface area contributed by atoms with E-state index in [1.165, 1.54) is 4.90 Å². The van der Waals surface area contributed by atoms with Crippen LogP contribution in [-0.2, 0) is 9.53 Å². The molecule has 6 heteroatoms. The SMILES string of the molecule is CC(C)CCOc1ccc(C(=O)N2CCOC[C@H]2C(=O)O)cc1. The molecule has 1 aromatic carbocycles. The number of ether oxygens (including phenoxy) is 2. The van der Waals surface area contributed by atoms with E-state index in [2.05, 4.69) is 13.8 Å². The van der Waals surface area contributed by atoms with Crippen molar-refractivity contribution in [1.29, 1.82) is 0 Å². The van der Waals surface area contributed by atoms with Crippen molar-refractivity contribution in [3.05, 3.63) is 29.8 Å². The third-order valence-corrected chi connectivity index (χ3v) is 3.74. The normalized spacial score (nSPS) is 18.0. The van der Waals surface area contributed by atoms with E-state index >= 15 is 0 Å². The van der Waals surface area contributed by atoms with E-state index in [4.69, 9.17) is 9.47 Å². The second-order valence-electron chi connectivity index (χ2n) is 5.98. The van der Waals surface area contributed by atoms with Crippen LogP contribution in [0.4, 0.5) is 0 Å². The molecular weight excluding hydrogens is 298 g/mol. The summed E-state index contributed by atoms with van der Waals surface area (Å²) in [5.74, 6) is -0.0646. The van der Waals surface area contributed by atoms with Crippen LogP contribution in [0.2, 0.25) is 0 Å². The highest BCUT2D eigenvalue weighted by atomic mass is 16.5. The van der Waals surface area contributed by atoms with Crippen molar-refractivity contribution in [2.45, 2.75) is 26.3 Å². The molecule has 1 aromatic rings. The topological polar surface area (TPSA) is 76.1 Å². The van der Waals surface area contributed by atoms with Gasteiger partial charge in [0, 0.05) is 12.1 Å². The zero-order valence-electron chi connectivity index (χ0n) is 13.5. The molecule has 0 bridgehead atoms. The summed E-state index contributed by atoms with van der Waals surface area (Å²) >= 11 is 0. The molecule has 1 aliphatic heterocycles. The number of carboxylic acid groups (broad SMARTS) is 1. The van der Waals surface area contributed by atoms with Crippen molar-refractivity contribution < 1.29 is 24.2 Å². The first kappa shape index (κ1) is 17.3. The molecule has 1 heterocycles. The summed E-state index contributed by atoms with van der Waals surface area (Å²) in [6.45, 7) is 5.56. The first-order chi connectivity index (χ1) is 11.0. The Morgan fingerprint density at radius 3 is 2.65 bits per heavy atom. The Hall–Kier alpha value is -2.08. The Labute approximate surface area is 136 Å². The second kappa shape index (κ2) is 7.97. The van der Waals surface area contributed by atoms with Crippen molar-refractivity contribution in [3.63, 3.8) is 0 Å². The van der Waals surface area contributed by atoms with E-state index in [-0.39, 0.29) is 19.1 Å². The van der Waals surface area contributed by atoms with Crippen molar-refractivity contribution in [2.24, 2.45) is 5.92 Å². The van der Waals surface area contributed by atoms with E-state index in [0.717, 1.165) is 6.42 Å². The van der Waals surface area contributed by atoms with Crippen LogP contribution in [0.25, 0.3) is 0 Å². The zero-order chi connectivity index (χ0) is 16.8. The maximum Gasteiger partial charge on any atom is 0.328 e. The van der Waals surface area contributed by atoms with Crippen LogP contribution in [0.5, 0.6) is 5.75 Å². The molecule has 126 valence electrons. The number of hydrogen-bond donors (Lipinski definition) is 1. The number of amides is 1. The van der Waals surface area contributed by atoms with Crippen LogP contribution in [-0.4, -0.2) is 54.3 Å². The average Bonchev–Trinajstić information content (AvgIpc) is 2.54. The predicted molar refractivity (Wildman–Crippen MR) is 84.7 cm³/mol. The molecule has 0 saturated carbocycles. The molecule has 1 N–H and O–H groups in total. The maximum atomic E-state index is 12.5. The van der Waals surface area contributed by atoms with Gasteiger partial charge in [-0.2, -0.15) is 0 Å². The quantitative estimate of drug-likeness (QED) is 0.867. The molecule has 2 rings (SSSR count). The molecule has 0 aromatic heterocycles. The monoisotopic (exact) mass is 321 g/mol. The number of carbonyl (C=O) groups is 2. The lowest BCUT2D eigenvalue weighted by Crippen LogP contribution is -2.52. The number of nitrogens with zero attached hydrogens (tertiary/aromatic N) is 1. The van der Waals surface area contributed by atoms with Crippen LogP contribution < -0.4 is 4.74 Å². The van der Waals surface area contributed by atoms with E-state index < -0.39 is 12.0 Å². The fourth-order valence-corrected chi connectivity index (χ4v) is 2.32. The van der Waals surface area contributed by atoms with Gasteiger partial charge in [0.2, 0.25) is 0 Å². The van der Waals surface area contributed by atoms with Crippen LogP contribution in [0.15, 0.2) is 24.3 Å². The Balaban J connectivity index is 2.00. The van der Waals surface area contributed by atoms with Gasteiger partial charge in [-0.05, 0) is 36.6 Å². The molecule has 1 atom stereocenters. The summed E-state index contributed by atoms with van der Waals surface area (Å²) in [5, 5.41) is 9.20. The van der Waals surface area contributed by atoms with Gasteiger partial charge in [-0.1, -0.05) is 13.8 Å². The minimum atomic E-state index is -1.05. The minimum absolute atomic E-state index is 0.0253. The minimum Gasteiger partial charge on any atom is -0.494 e. The van der Waals surface area contributed by atoms with Gasteiger partial charge in [0.05, 0.1) is 19.8 Å². The molecule has 6 nitrogen and oxygen atoms in total.